The van der Waals surface area contributed by atoms with E-state index in [2.05, 4.69) is 66.2 Å². The van der Waals surface area contributed by atoms with Crippen LogP contribution < -0.4 is 0 Å². The maximum Gasteiger partial charge on any atom is 0.144 e. The quantitative estimate of drug-likeness (QED) is 0.852. The molecule has 2 heterocycles. The molecule has 0 radical (unpaired) electrons. The van der Waals surface area contributed by atoms with Gasteiger partial charge >= 0.3 is 0 Å². The smallest absolute Gasteiger partial charge is 0.144 e. The second kappa shape index (κ2) is 5.73. The molecular weight excluding hydrogens is 284 g/mol. The van der Waals surface area contributed by atoms with Gasteiger partial charge in [-0.3, -0.25) is 9.69 Å². The number of hydrogen-bond acceptors (Lipinski definition) is 3. The van der Waals surface area contributed by atoms with Crippen molar-refractivity contribution in [2.24, 2.45) is 11.8 Å². The van der Waals surface area contributed by atoms with Crippen LogP contribution in [0.3, 0.4) is 0 Å². The van der Waals surface area contributed by atoms with Gasteiger partial charge in [-0.05, 0) is 30.3 Å². The number of carbonyl (C=O) groups is 1. The van der Waals surface area contributed by atoms with Crippen LogP contribution in [-0.2, 0) is 4.79 Å². The van der Waals surface area contributed by atoms with Crippen molar-refractivity contribution in [2.75, 3.05) is 33.2 Å². The summed E-state index contributed by atoms with van der Waals surface area (Å²) in [4.78, 5) is 17.3. The zero-order valence-electron chi connectivity index (χ0n) is 13.9. The second-order valence-electron chi connectivity index (χ2n) is 7.22. The normalized spacial score (nSPS) is 27.3. The van der Waals surface area contributed by atoms with Gasteiger partial charge in [0.2, 0.25) is 0 Å². The minimum Gasteiger partial charge on any atom is -0.305 e. The van der Waals surface area contributed by atoms with Crippen LogP contribution in [-0.4, -0.2) is 48.8 Å². The van der Waals surface area contributed by atoms with Crippen molar-refractivity contribution in [3.63, 3.8) is 0 Å². The molecule has 0 spiro atoms. The van der Waals surface area contributed by atoms with Crippen molar-refractivity contribution < 1.29 is 4.79 Å². The van der Waals surface area contributed by atoms with E-state index in [1.807, 2.05) is 0 Å². The number of fused-ring (bicyclic) bond motifs is 3. The number of Topliss-reactive ketones (excluding diaryl/α,β-unsaturated/α-hetero) is 1. The molecule has 2 aliphatic rings. The van der Waals surface area contributed by atoms with Gasteiger partial charge < -0.3 is 4.90 Å². The van der Waals surface area contributed by atoms with Crippen molar-refractivity contribution in [1.29, 1.82) is 0 Å². The summed E-state index contributed by atoms with van der Waals surface area (Å²) in [6.45, 7) is 5.90. The number of carbonyl (C=O) groups excluding carboxylic acids is 1. The number of hydrogen-bond donors (Lipinski definition) is 0. The Labute approximate surface area is 137 Å². The molecule has 2 fully saturated rings. The van der Waals surface area contributed by atoms with E-state index < -0.39 is 0 Å². The Hall–Kier alpha value is -1.71. The van der Waals surface area contributed by atoms with Crippen LogP contribution in [0.25, 0.3) is 10.8 Å². The lowest BCUT2D eigenvalue weighted by Crippen LogP contribution is -2.57. The van der Waals surface area contributed by atoms with Gasteiger partial charge in [-0.15, -0.1) is 0 Å². The molecule has 0 saturated carbocycles. The van der Waals surface area contributed by atoms with Crippen molar-refractivity contribution in [3.8, 4) is 0 Å². The van der Waals surface area contributed by atoms with Crippen LogP contribution >= 0.6 is 0 Å². The number of nitrogens with zero attached hydrogens (tertiary/aromatic N) is 2. The van der Waals surface area contributed by atoms with Crippen molar-refractivity contribution in [2.45, 2.75) is 13.0 Å². The van der Waals surface area contributed by atoms with E-state index in [1.54, 1.807) is 0 Å². The molecule has 0 aliphatic carbocycles. The molecule has 0 amide bonds. The summed E-state index contributed by atoms with van der Waals surface area (Å²) in [5, 5.41) is 2.63. The molecule has 3 atom stereocenters. The average Bonchev–Trinajstić information content (AvgIpc) is 2.55. The van der Waals surface area contributed by atoms with Gasteiger partial charge in [0.1, 0.15) is 5.78 Å². The topological polar surface area (TPSA) is 23.6 Å². The Morgan fingerprint density at radius 3 is 2.35 bits per heavy atom. The van der Waals surface area contributed by atoms with Crippen LogP contribution in [0, 0.1) is 11.8 Å². The molecule has 23 heavy (non-hydrogen) atoms. The highest BCUT2D eigenvalue weighted by Crippen LogP contribution is 2.33. The highest BCUT2D eigenvalue weighted by Gasteiger charge is 2.41. The number of rotatable bonds is 2. The average molecular weight is 308 g/mol. The van der Waals surface area contributed by atoms with Gasteiger partial charge in [0, 0.05) is 44.1 Å². The molecule has 3 heteroatoms. The zero-order valence-corrected chi connectivity index (χ0v) is 13.9. The van der Waals surface area contributed by atoms with Crippen molar-refractivity contribution in [3.05, 3.63) is 48.0 Å². The molecule has 2 aliphatic heterocycles. The zero-order chi connectivity index (χ0) is 16.0. The maximum atomic E-state index is 12.4. The lowest BCUT2D eigenvalue weighted by atomic mass is 9.82. The molecule has 4 rings (SSSR count). The molecule has 2 aromatic carbocycles. The molecule has 2 saturated heterocycles. The third kappa shape index (κ3) is 2.58. The van der Waals surface area contributed by atoms with Crippen LogP contribution in [0.5, 0.6) is 0 Å². The first kappa shape index (κ1) is 14.9. The summed E-state index contributed by atoms with van der Waals surface area (Å²) >= 11 is 0. The molecule has 2 unspecified atom stereocenters. The first-order valence-corrected chi connectivity index (χ1v) is 8.57. The minimum absolute atomic E-state index is 0.185. The van der Waals surface area contributed by atoms with E-state index in [-0.39, 0.29) is 11.8 Å². The largest absolute Gasteiger partial charge is 0.305 e. The summed E-state index contributed by atoms with van der Waals surface area (Å²) in [6.07, 6.45) is 0. The predicted molar refractivity (Wildman–Crippen MR) is 93.4 cm³/mol. The third-order valence-electron chi connectivity index (χ3n) is 5.60. The van der Waals surface area contributed by atoms with E-state index in [0.29, 0.717) is 11.8 Å². The van der Waals surface area contributed by atoms with Gasteiger partial charge in [-0.2, -0.15) is 0 Å². The SMILES string of the molecule is C[C@H](c1cccc2ccccc12)N1CC2CN(C)CC(C1)C2=O. The Morgan fingerprint density at radius 1 is 0.957 bits per heavy atom. The summed E-state index contributed by atoms with van der Waals surface area (Å²) in [7, 11) is 2.14. The standard InChI is InChI=1S/C20H24N2O/c1-14(18-9-5-7-15-6-3-4-8-19(15)18)22-12-16-10-21(2)11-17(13-22)20(16)23/h3-9,14,16-17H,10-13H2,1-2H3/t14-,16?,17?/m1/s1. The van der Waals surface area contributed by atoms with Crippen LogP contribution in [0.4, 0.5) is 0 Å². The van der Waals surface area contributed by atoms with Gasteiger partial charge in [0.25, 0.3) is 0 Å². The highest BCUT2D eigenvalue weighted by molar-refractivity contribution is 5.87. The van der Waals surface area contributed by atoms with E-state index in [1.165, 1.54) is 16.3 Å². The molecule has 2 aromatic rings. The molecule has 3 nitrogen and oxygen atoms in total. The number of piperidine rings is 2. The van der Waals surface area contributed by atoms with Gasteiger partial charge in [0.05, 0.1) is 0 Å². The fourth-order valence-corrected chi connectivity index (χ4v) is 4.40. The van der Waals surface area contributed by atoms with Gasteiger partial charge in [0.15, 0.2) is 0 Å². The lowest BCUT2D eigenvalue weighted by molar-refractivity contribution is -0.137. The highest BCUT2D eigenvalue weighted by atomic mass is 16.1. The fraction of sp³-hybridized carbons (Fsp3) is 0.450. The molecule has 2 bridgehead atoms. The van der Waals surface area contributed by atoms with Crippen LogP contribution in [0.1, 0.15) is 18.5 Å². The number of ketones is 1. The number of likely N-dealkylation sites (tertiary alicyclic amines) is 2. The molecular formula is C20H24N2O. The van der Waals surface area contributed by atoms with E-state index >= 15 is 0 Å². The Balaban J connectivity index is 1.64. The van der Waals surface area contributed by atoms with E-state index in [9.17, 15) is 4.79 Å². The van der Waals surface area contributed by atoms with E-state index in [4.69, 9.17) is 0 Å². The number of benzene rings is 2. The summed E-state index contributed by atoms with van der Waals surface area (Å²) in [5.41, 5.74) is 1.38. The van der Waals surface area contributed by atoms with Crippen molar-refractivity contribution in [1.82, 2.24) is 9.80 Å². The third-order valence-corrected chi connectivity index (χ3v) is 5.60. The Morgan fingerprint density at radius 2 is 1.61 bits per heavy atom. The minimum atomic E-state index is 0.185. The van der Waals surface area contributed by atoms with Gasteiger partial charge in [-0.1, -0.05) is 42.5 Å². The summed E-state index contributed by atoms with van der Waals surface area (Å²) in [5.74, 6) is 0.860. The molecule has 0 aromatic heterocycles. The summed E-state index contributed by atoms with van der Waals surface area (Å²) in [6, 6.07) is 15.5. The first-order chi connectivity index (χ1) is 11.1. The summed E-state index contributed by atoms with van der Waals surface area (Å²) < 4.78 is 0. The fourth-order valence-electron chi connectivity index (χ4n) is 4.40. The van der Waals surface area contributed by atoms with E-state index in [0.717, 1.165) is 26.2 Å². The second-order valence-corrected chi connectivity index (χ2v) is 7.22. The lowest BCUT2D eigenvalue weighted by Gasteiger charge is -2.45. The van der Waals surface area contributed by atoms with Gasteiger partial charge in [-0.25, -0.2) is 0 Å². The predicted octanol–water partition coefficient (Wildman–Crippen LogP) is 2.96. The first-order valence-electron chi connectivity index (χ1n) is 8.57. The monoisotopic (exact) mass is 308 g/mol. The molecule has 120 valence electrons. The van der Waals surface area contributed by atoms with Crippen LogP contribution in [0.2, 0.25) is 0 Å². The molecule has 0 N–H and O–H groups in total. The Kier molecular flexibility index (Phi) is 3.70. The van der Waals surface area contributed by atoms with Crippen molar-refractivity contribution >= 4 is 16.6 Å². The van der Waals surface area contributed by atoms with Crippen LogP contribution in [0.15, 0.2) is 42.5 Å². The Bertz CT molecular complexity index is 718. The maximum absolute atomic E-state index is 12.4.